The minimum Gasteiger partial charge on any atom is -0.495 e. The second-order valence-corrected chi connectivity index (χ2v) is 10.7. The van der Waals surface area contributed by atoms with Gasteiger partial charge in [0.15, 0.2) is 9.84 Å². The summed E-state index contributed by atoms with van der Waals surface area (Å²) >= 11 is 0. The van der Waals surface area contributed by atoms with Gasteiger partial charge in [-0.25, -0.2) is 18.4 Å². The maximum Gasteiger partial charge on any atom is 0.215 e. The molecule has 0 aromatic carbocycles. The third kappa shape index (κ3) is 3.97. The van der Waals surface area contributed by atoms with Gasteiger partial charge < -0.3 is 15.2 Å². The Morgan fingerprint density at radius 3 is 2.60 bits per heavy atom. The lowest BCUT2D eigenvalue weighted by Crippen LogP contribution is -2.28. The number of imidazole rings is 1. The highest BCUT2D eigenvalue weighted by molar-refractivity contribution is 7.92. The van der Waals surface area contributed by atoms with Gasteiger partial charge >= 0.3 is 0 Å². The molecule has 0 saturated carbocycles. The molecular formula is C20H25FN4O4S. The molecule has 1 atom stereocenters. The molecule has 0 saturated heterocycles. The molecule has 2 N–H and O–H groups in total. The van der Waals surface area contributed by atoms with Crippen LogP contribution in [0.1, 0.15) is 27.7 Å². The Morgan fingerprint density at radius 1 is 1.30 bits per heavy atom. The number of pyridine rings is 2. The normalized spacial score (nSPS) is 13.4. The second-order valence-electron chi connectivity index (χ2n) is 7.99. The minimum absolute atomic E-state index is 0.0195. The monoisotopic (exact) mass is 436 g/mol. The number of anilines is 1. The molecule has 0 bridgehead atoms. The SMILES string of the molecule is COc1cc2ncc(-c3cc(F)nc(N[C@@H](C)CO)c3)n2cc1S(=O)(=O)C(C)(C)C. The number of rotatable bonds is 6. The zero-order valence-corrected chi connectivity index (χ0v) is 18.3. The number of nitrogens with one attached hydrogen (secondary N) is 1. The summed E-state index contributed by atoms with van der Waals surface area (Å²) in [4.78, 5) is 8.12. The topological polar surface area (TPSA) is 106 Å². The van der Waals surface area contributed by atoms with E-state index in [1.54, 1.807) is 38.2 Å². The molecule has 0 aliphatic carbocycles. The molecule has 3 aromatic rings. The van der Waals surface area contributed by atoms with Gasteiger partial charge in [-0.15, -0.1) is 0 Å². The summed E-state index contributed by atoms with van der Waals surface area (Å²) in [5, 5.41) is 12.1. The molecule has 0 aliphatic rings. The highest BCUT2D eigenvalue weighted by Crippen LogP contribution is 2.34. The Labute approximate surface area is 174 Å². The Balaban J connectivity index is 2.21. The first-order valence-electron chi connectivity index (χ1n) is 9.33. The Morgan fingerprint density at radius 2 is 2.00 bits per heavy atom. The fraction of sp³-hybridized carbons (Fsp3) is 0.400. The number of nitrogens with zero attached hydrogens (tertiary/aromatic N) is 3. The van der Waals surface area contributed by atoms with Gasteiger partial charge in [-0.05, 0) is 33.8 Å². The molecule has 3 aromatic heterocycles. The van der Waals surface area contributed by atoms with Crippen LogP contribution in [0, 0.1) is 5.95 Å². The van der Waals surface area contributed by atoms with E-state index in [0.29, 0.717) is 16.9 Å². The predicted octanol–water partition coefficient (Wildman–Crippen LogP) is 2.91. The molecule has 10 heteroatoms. The summed E-state index contributed by atoms with van der Waals surface area (Å²) in [5.41, 5.74) is 1.39. The number of hydrogen-bond acceptors (Lipinski definition) is 7. The second kappa shape index (κ2) is 7.84. The van der Waals surface area contributed by atoms with Crippen molar-refractivity contribution in [1.82, 2.24) is 14.4 Å². The molecule has 3 heterocycles. The molecule has 0 spiro atoms. The van der Waals surface area contributed by atoms with Crippen molar-refractivity contribution in [3.63, 3.8) is 0 Å². The van der Waals surface area contributed by atoms with E-state index < -0.39 is 20.5 Å². The zero-order valence-electron chi connectivity index (χ0n) is 17.5. The molecule has 8 nitrogen and oxygen atoms in total. The maximum atomic E-state index is 14.2. The summed E-state index contributed by atoms with van der Waals surface area (Å²) in [6, 6.07) is 4.07. The third-order valence-corrected chi connectivity index (χ3v) is 7.15. The first-order chi connectivity index (χ1) is 14.0. The number of methoxy groups -OCH3 is 1. The van der Waals surface area contributed by atoms with Crippen LogP contribution in [0.25, 0.3) is 16.9 Å². The van der Waals surface area contributed by atoms with Gasteiger partial charge in [0, 0.05) is 29.9 Å². The number of ether oxygens (including phenoxy) is 1. The minimum atomic E-state index is -3.72. The average molecular weight is 437 g/mol. The van der Waals surface area contributed by atoms with Crippen molar-refractivity contribution >= 4 is 21.3 Å². The molecule has 3 rings (SSSR count). The predicted molar refractivity (Wildman–Crippen MR) is 112 cm³/mol. The smallest absolute Gasteiger partial charge is 0.215 e. The Hall–Kier alpha value is -2.72. The van der Waals surface area contributed by atoms with E-state index in [1.807, 2.05) is 0 Å². The van der Waals surface area contributed by atoms with Crippen molar-refractivity contribution in [2.45, 2.75) is 43.4 Å². The first-order valence-corrected chi connectivity index (χ1v) is 10.8. The maximum absolute atomic E-state index is 14.2. The molecule has 0 aliphatic heterocycles. The first kappa shape index (κ1) is 22.0. The lowest BCUT2D eigenvalue weighted by atomic mass is 10.2. The van der Waals surface area contributed by atoms with Crippen LogP contribution in [0.4, 0.5) is 10.2 Å². The van der Waals surface area contributed by atoms with Gasteiger partial charge in [-0.1, -0.05) is 0 Å². The number of fused-ring (bicyclic) bond motifs is 1. The van der Waals surface area contributed by atoms with E-state index in [4.69, 9.17) is 4.74 Å². The molecule has 0 amide bonds. The number of hydrogen-bond donors (Lipinski definition) is 2. The van der Waals surface area contributed by atoms with Crippen LogP contribution in [0.2, 0.25) is 0 Å². The molecule has 162 valence electrons. The average Bonchev–Trinajstić information content (AvgIpc) is 3.08. The summed E-state index contributed by atoms with van der Waals surface area (Å²) in [6.45, 7) is 6.42. The summed E-state index contributed by atoms with van der Waals surface area (Å²) in [5.74, 6) is -0.279. The van der Waals surface area contributed by atoms with Crippen LogP contribution in [0.3, 0.4) is 0 Å². The van der Waals surface area contributed by atoms with Gasteiger partial charge in [0.25, 0.3) is 0 Å². The van der Waals surface area contributed by atoms with E-state index in [-0.39, 0.29) is 29.1 Å². The molecule has 0 unspecified atom stereocenters. The van der Waals surface area contributed by atoms with Crippen molar-refractivity contribution in [2.24, 2.45) is 0 Å². The van der Waals surface area contributed by atoms with Gasteiger partial charge in [-0.2, -0.15) is 4.39 Å². The van der Waals surface area contributed by atoms with Crippen molar-refractivity contribution < 1.29 is 22.7 Å². The van der Waals surface area contributed by atoms with Crippen LogP contribution in [-0.2, 0) is 9.84 Å². The molecular weight excluding hydrogens is 411 g/mol. The number of aliphatic hydroxyl groups is 1. The van der Waals surface area contributed by atoms with E-state index in [2.05, 4.69) is 15.3 Å². The Bertz CT molecular complexity index is 1190. The van der Waals surface area contributed by atoms with Crippen LogP contribution < -0.4 is 10.1 Å². The standard InChI is InChI=1S/C20H25FN4O4S/c1-12(11-26)23-18-7-13(6-17(21)24-18)14-9-22-19-8-15(29-5)16(10-25(14)19)30(27,28)20(2,3)4/h6-10,12,26H,11H2,1-5H3,(H,23,24)/t12-/m0/s1. The number of aliphatic hydroxyl groups excluding tert-OH is 1. The van der Waals surface area contributed by atoms with Crippen molar-refractivity contribution in [3.05, 3.63) is 36.5 Å². The van der Waals surface area contributed by atoms with E-state index in [9.17, 15) is 17.9 Å². The van der Waals surface area contributed by atoms with Crippen molar-refractivity contribution in [2.75, 3.05) is 19.0 Å². The lowest BCUT2D eigenvalue weighted by molar-refractivity contribution is 0.281. The van der Waals surface area contributed by atoms with Crippen LogP contribution in [0.5, 0.6) is 5.75 Å². The van der Waals surface area contributed by atoms with Crippen LogP contribution >= 0.6 is 0 Å². The summed E-state index contributed by atoms with van der Waals surface area (Å²) in [6.07, 6.45) is 2.97. The highest BCUT2D eigenvalue weighted by Gasteiger charge is 2.34. The lowest BCUT2D eigenvalue weighted by Gasteiger charge is -2.21. The number of sulfone groups is 1. The number of halogens is 1. The van der Waals surface area contributed by atoms with E-state index >= 15 is 0 Å². The largest absolute Gasteiger partial charge is 0.495 e. The summed E-state index contributed by atoms with van der Waals surface area (Å²) in [7, 11) is -2.32. The van der Waals surface area contributed by atoms with Crippen LogP contribution in [-0.4, -0.2) is 52.4 Å². The van der Waals surface area contributed by atoms with Crippen LogP contribution in [0.15, 0.2) is 35.5 Å². The van der Waals surface area contributed by atoms with E-state index in [0.717, 1.165) is 0 Å². The van der Waals surface area contributed by atoms with Gasteiger partial charge in [-0.3, -0.25) is 4.40 Å². The fourth-order valence-corrected chi connectivity index (χ4v) is 4.22. The van der Waals surface area contributed by atoms with Gasteiger partial charge in [0.1, 0.15) is 22.1 Å². The number of aromatic nitrogens is 3. The quantitative estimate of drug-likeness (QED) is 0.572. The Kier molecular flexibility index (Phi) is 5.74. The zero-order chi connectivity index (χ0) is 22.3. The molecule has 30 heavy (non-hydrogen) atoms. The fourth-order valence-electron chi connectivity index (χ4n) is 2.91. The molecule has 0 fully saturated rings. The molecule has 0 radical (unpaired) electrons. The van der Waals surface area contributed by atoms with E-state index in [1.165, 1.54) is 31.6 Å². The van der Waals surface area contributed by atoms with Crippen molar-refractivity contribution in [1.29, 1.82) is 0 Å². The van der Waals surface area contributed by atoms with Crippen molar-refractivity contribution in [3.8, 4) is 17.0 Å². The third-order valence-electron chi connectivity index (χ3n) is 4.65. The van der Waals surface area contributed by atoms with Gasteiger partial charge in [0.05, 0.1) is 30.4 Å². The van der Waals surface area contributed by atoms with Gasteiger partial charge in [0.2, 0.25) is 5.95 Å². The highest BCUT2D eigenvalue weighted by atomic mass is 32.2. The summed E-state index contributed by atoms with van der Waals surface area (Å²) < 4.78 is 46.2.